The van der Waals surface area contributed by atoms with Gasteiger partial charge in [-0.3, -0.25) is 9.59 Å². The standard InChI is InChI=1S/2C18H36O2.6C3H8O3/c2*1-17(2)15-13-11-9-7-5-3-4-6-8-10-12-14-16-18(19)20;6*4-1-3(6)2-5/h2*17H,3-16H2,1-2H3,(H,19,20);6*3-6H,1-2H2. The summed E-state index contributed by atoms with van der Waals surface area (Å²) in [7, 11) is 0. The van der Waals surface area contributed by atoms with Crippen molar-refractivity contribution in [3.63, 3.8) is 0 Å². The van der Waals surface area contributed by atoms with E-state index >= 15 is 0 Å². The molecule has 0 heterocycles. The van der Waals surface area contributed by atoms with E-state index in [-0.39, 0.29) is 79.3 Å². The number of hydrogen-bond acceptors (Lipinski definition) is 20. The van der Waals surface area contributed by atoms with Crippen molar-refractivity contribution < 1.29 is 112 Å². The molecule has 0 aliphatic rings. The molecule has 22 heteroatoms. The molecule has 0 aliphatic carbocycles. The second-order valence-electron chi connectivity index (χ2n) is 19.3. The van der Waals surface area contributed by atoms with Crippen LogP contribution in [0.3, 0.4) is 0 Å². The highest BCUT2D eigenvalue weighted by atomic mass is 16.4. The van der Waals surface area contributed by atoms with E-state index in [9.17, 15) is 9.59 Å². The number of unbranched alkanes of at least 4 members (excludes halogenated alkanes) is 22. The smallest absolute Gasteiger partial charge is 0.303 e. The molecule has 0 saturated carbocycles. The minimum absolute atomic E-state index is 0.344. The van der Waals surface area contributed by atoms with Gasteiger partial charge in [0.25, 0.3) is 0 Å². The number of aliphatic hydroxyl groups is 18. The van der Waals surface area contributed by atoms with Crippen molar-refractivity contribution >= 4 is 11.9 Å². The molecule has 0 aliphatic heterocycles. The highest BCUT2D eigenvalue weighted by Crippen LogP contribution is 2.16. The van der Waals surface area contributed by atoms with Crippen molar-refractivity contribution in [3.05, 3.63) is 0 Å². The number of aliphatic carboxylic acids is 2. The van der Waals surface area contributed by atoms with Crippen molar-refractivity contribution in [2.75, 3.05) is 79.3 Å². The summed E-state index contributed by atoms with van der Waals surface area (Å²) < 4.78 is 0. The molecule has 0 fully saturated rings. The second-order valence-corrected chi connectivity index (χ2v) is 19.3. The Balaban J connectivity index is -0.000000125. The molecule has 0 aromatic rings. The van der Waals surface area contributed by atoms with Crippen molar-refractivity contribution in [1.82, 2.24) is 0 Å². The Morgan fingerprint density at radius 3 is 0.447 bits per heavy atom. The third-order valence-electron chi connectivity index (χ3n) is 10.4. The maximum atomic E-state index is 10.3. The molecule has 20 N–H and O–H groups in total. The molecule has 0 aromatic carbocycles. The molecular weight excluding hydrogens is 1000 g/mol. The van der Waals surface area contributed by atoms with Crippen LogP contribution in [0.2, 0.25) is 0 Å². The lowest BCUT2D eigenvalue weighted by atomic mass is 10.0. The summed E-state index contributed by atoms with van der Waals surface area (Å²) in [5.41, 5.74) is 0. The summed E-state index contributed by atoms with van der Waals surface area (Å²) in [6, 6.07) is 0. The van der Waals surface area contributed by atoms with Gasteiger partial charge in [0, 0.05) is 12.8 Å². The fraction of sp³-hybridized carbons (Fsp3) is 0.963. The largest absolute Gasteiger partial charge is 0.481 e. The predicted molar refractivity (Wildman–Crippen MR) is 295 cm³/mol. The van der Waals surface area contributed by atoms with E-state index in [1.165, 1.54) is 141 Å². The van der Waals surface area contributed by atoms with Crippen LogP contribution >= 0.6 is 0 Å². The molecule has 0 aromatic heterocycles. The van der Waals surface area contributed by atoms with E-state index in [0.29, 0.717) is 12.8 Å². The molecule has 0 rings (SSSR count). The summed E-state index contributed by atoms with van der Waals surface area (Å²) in [5, 5.41) is 161. The molecule has 0 atom stereocenters. The summed E-state index contributed by atoms with van der Waals surface area (Å²) in [5.74, 6) is 0.424. The summed E-state index contributed by atoms with van der Waals surface area (Å²) in [4.78, 5) is 20.7. The van der Waals surface area contributed by atoms with E-state index in [4.69, 9.17) is 102 Å². The first-order valence-electron chi connectivity index (χ1n) is 27.9. The SMILES string of the molecule is CC(C)CCCCCCCCCCCCCCC(=O)O.CC(C)CCCCCCCCCCCCCCC(=O)O.OCC(O)CO.OCC(O)CO.OCC(O)CO.OCC(O)CO.OCC(O)CO.OCC(O)CO. The van der Waals surface area contributed by atoms with Crippen molar-refractivity contribution in [2.45, 2.75) is 244 Å². The van der Waals surface area contributed by atoms with Gasteiger partial charge in [0.1, 0.15) is 36.6 Å². The van der Waals surface area contributed by atoms with Gasteiger partial charge in [-0.2, -0.15) is 0 Å². The van der Waals surface area contributed by atoms with Gasteiger partial charge in [-0.1, -0.05) is 182 Å². The number of carboxylic acids is 2. The Hall–Kier alpha value is -1.78. The first-order valence-corrected chi connectivity index (χ1v) is 27.9. The monoisotopic (exact) mass is 1120 g/mol. The third kappa shape index (κ3) is 116. The molecule has 468 valence electrons. The Labute approximate surface area is 457 Å². The Kier molecular flexibility index (Phi) is 98.0. The number of rotatable bonds is 42. The quantitative estimate of drug-likeness (QED) is 0.0390. The van der Waals surface area contributed by atoms with E-state index in [0.717, 1.165) is 37.5 Å². The molecular formula is C54H120O22. The van der Waals surface area contributed by atoms with Crippen LogP contribution in [0.5, 0.6) is 0 Å². The molecule has 0 unspecified atom stereocenters. The molecule has 0 bridgehead atoms. The topological polar surface area (TPSA) is 439 Å². The average Bonchev–Trinajstić information content (AvgIpc) is 3.42. The summed E-state index contributed by atoms with van der Waals surface area (Å²) in [6.45, 7) is 4.85. The van der Waals surface area contributed by atoms with Gasteiger partial charge in [-0.25, -0.2) is 0 Å². The normalized spacial score (nSPS) is 10.6. The molecule has 76 heavy (non-hydrogen) atoms. The fourth-order valence-electron chi connectivity index (χ4n) is 5.54. The Morgan fingerprint density at radius 2 is 0.355 bits per heavy atom. The molecule has 22 nitrogen and oxygen atoms in total. The van der Waals surface area contributed by atoms with Crippen LogP contribution in [-0.2, 0) is 9.59 Å². The van der Waals surface area contributed by atoms with Gasteiger partial charge in [-0.05, 0) is 24.7 Å². The zero-order valence-electron chi connectivity index (χ0n) is 47.7. The van der Waals surface area contributed by atoms with Gasteiger partial charge in [-0.15, -0.1) is 0 Å². The minimum atomic E-state index is -0.954. The van der Waals surface area contributed by atoms with E-state index < -0.39 is 48.6 Å². The Bertz CT molecular complexity index is 856. The van der Waals surface area contributed by atoms with Crippen molar-refractivity contribution in [1.29, 1.82) is 0 Å². The third-order valence-corrected chi connectivity index (χ3v) is 10.4. The van der Waals surface area contributed by atoms with Gasteiger partial charge < -0.3 is 102 Å². The number of carbonyl (C=O) groups is 2. The van der Waals surface area contributed by atoms with Gasteiger partial charge in [0.15, 0.2) is 0 Å². The second kappa shape index (κ2) is 82.1. The molecule has 0 radical (unpaired) electrons. The van der Waals surface area contributed by atoms with Crippen LogP contribution in [0.15, 0.2) is 0 Å². The molecule has 0 spiro atoms. The van der Waals surface area contributed by atoms with Gasteiger partial charge in [0.05, 0.1) is 79.3 Å². The fourth-order valence-corrected chi connectivity index (χ4v) is 5.54. The Morgan fingerprint density at radius 1 is 0.237 bits per heavy atom. The highest BCUT2D eigenvalue weighted by molar-refractivity contribution is 5.66. The van der Waals surface area contributed by atoms with Crippen LogP contribution < -0.4 is 0 Å². The summed E-state index contributed by atoms with van der Waals surface area (Å²) >= 11 is 0. The summed E-state index contributed by atoms with van der Waals surface area (Å²) in [6.07, 6.45) is 28.9. The lowest BCUT2D eigenvalue weighted by Crippen LogP contribution is -2.15. The molecule has 0 amide bonds. The first-order chi connectivity index (χ1) is 36.1. The van der Waals surface area contributed by atoms with Crippen LogP contribution in [-0.4, -0.2) is 230 Å². The zero-order chi connectivity index (χ0) is 60.1. The lowest BCUT2D eigenvalue weighted by molar-refractivity contribution is -0.138. The maximum absolute atomic E-state index is 10.3. The van der Waals surface area contributed by atoms with Crippen LogP contribution in [0.4, 0.5) is 0 Å². The molecule has 0 saturated heterocycles. The van der Waals surface area contributed by atoms with E-state index in [1.54, 1.807) is 0 Å². The first kappa shape index (κ1) is 90.7. The van der Waals surface area contributed by atoms with Gasteiger partial charge in [0.2, 0.25) is 0 Å². The van der Waals surface area contributed by atoms with E-state index in [1.807, 2.05) is 0 Å². The predicted octanol–water partition coefficient (Wildman–Crippen LogP) is 2.37. The maximum Gasteiger partial charge on any atom is 0.303 e. The number of carboxylic acid groups (broad SMARTS) is 2. The van der Waals surface area contributed by atoms with Gasteiger partial charge >= 0.3 is 11.9 Å². The number of aliphatic hydroxyl groups excluding tert-OH is 18. The average molecular weight is 1120 g/mol. The minimum Gasteiger partial charge on any atom is -0.481 e. The lowest BCUT2D eigenvalue weighted by Gasteiger charge is -2.04. The van der Waals surface area contributed by atoms with Crippen molar-refractivity contribution in [3.8, 4) is 0 Å². The van der Waals surface area contributed by atoms with Crippen molar-refractivity contribution in [2.24, 2.45) is 11.8 Å². The number of hydrogen-bond donors (Lipinski definition) is 20. The van der Waals surface area contributed by atoms with Crippen LogP contribution in [0, 0.1) is 11.8 Å². The van der Waals surface area contributed by atoms with Crippen LogP contribution in [0.25, 0.3) is 0 Å². The highest BCUT2D eigenvalue weighted by Gasteiger charge is 2.01. The van der Waals surface area contributed by atoms with E-state index in [2.05, 4.69) is 27.7 Å². The van der Waals surface area contributed by atoms with Crippen LogP contribution in [0.1, 0.15) is 207 Å². The zero-order valence-corrected chi connectivity index (χ0v) is 47.7.